The number of fused-ring (bicyclic) bond motifs is 1. The van der Waals surface area contributed by atoms with Crippen molar-refractivity contribution in [1.29, 1.82) is 0 Å². The maximum Gasteiger partial charge on any atom is 0.283 e. The molecule has 0 unspecified atom stereocenters. The second kappa shape index (κ2) is 5.10. The van der Waals surface area contributed by atoms with Crippen LogP contribution in [0.25, 0.3) is 11.7 Å². The van der Waals surface area contributed by atoms with Gasteiger partial charge in [0, 0.05) is 37.0 Å². The summed E-state index contributed by atoms with van der Waals surface area (Å²) in [5.74, 6) is 1.59. The first-order valence-corrected chi connectivity index (χ1v) is 6.75. The highest BCUT2D eigenvalue weighted by atomic mass is 16.4. The zero-order valence-electron chi connectivity index (χ0n) is 11.3. The standard InChI is InChI=1S/C14H13N5O2/c1-2-12(20-5-1)14-18-17-13(21-14)8-19-4-3-11-10(7-19)6-15-9-16-11/h1-2,5-6,9H,3-4,7-8H2. The molecule has 4 rings (SSSR count). The van der Waals surface area contributed by atoms with Gasteiger partial charge in [-0.15, -0.1) is 10.2 Å². The Morgan fingerprint density at radius 1 is 1.29 bits per heavy atom. The molecule has 3 aromatic heterocycles. The Balaban J connectivity index is 1.48. The molecule has 7 nitrogen and oxygen atoms in total. The summed E-state index contributed by atoms with van der Waals surface area (Å²) in [7, 11) is 0. The molecule has 0 amide bonds. The molecule has 1 aliphatic heterocycles. The minimum Gasteiger partial charge on any atom is -0.459 e. The molecule has 106 valence electrons. The molecule has 0 saturated carbocycles. The van der Waals surface area contributed by atoms with Crippen LogP contribution >= 0.6 is 0 Å². The van der Waals surface area contributed by atoms with Crippen molar-refractivity contribution >= 4 is 0 Å². The zero-order valence-corrected chi connectivity index (χ0v) is 11.3. The quantitative estimate of drug-likeness (QED) is 0.723. The number of nitrogens with zero attached hydrogens (tertiary/aromatic N) is 5. The Kier molecular flexibility index (Phi) is 2.97. The highest BCUT2D eigenvalue weighted by Crippen LogP contribution is 2.21. The lowest BCUT2D eigenvalue weighted by atomic mass is 10.1. The summed E-state index contributed by atoms with van der Waals surface area (Å²) in [5, 5.41) is 8.08. The van der Waals surface area contributed by atoms with E-state index in [0.717, 1.165) is 30.8 Å². The van der Waals surface area contributed by atoms with Crippen molar-refractivity contribution in [3.05, 3.63) is 48.1 Å². The van der Waals surface area contributed by atoms with E-state index in [-0.39, 0.29) is 0 Å². The molecule has 0 aliphatic carbocycles. The monoisotopic (exact) mass is 283 g/mol. The van der Waals surface area contributed by atoms with Gasteiger partial charge in [-0.05, 0) is 12.1 Å². The van der Waals surface area contributed by atoms with Gasteiger partial charge in [-0.3, -0.25) is 4.90 Å². The Bertz CT molecular complexity index is 737. The van der Waals surface area contributed by atoms with E-state index in [0.29, 0.717) is 24.1 Å². The lowest BCUT2D eigenvalue weighted by Gasteiger charge is -2.26. The third-order valence-corrected chi connectivity index (χ3v) is 3.50. The van der Waals surface area contributed by atoms with Crippen LogP contribution < -0.4 is 0 Å². The fourth-order valence-corrected chi connectivity index (χ4v) is 2.47. The minimum absolute atomic E-state index is 0.413. The van der Waals surface area contributed by atoms with Crippen molar-refractivity contribution < 1.29 is 8.83 Å². The number of rotatable bonds is 3. The third kappa shape index (κ3) is 2.43. The van der Waals surface area contributed by atoms with Gasteiger partial charge in [0.2, 0.25) is 5.89 Å². The maximum atomic E-state index is 5.63. The van der Waals surface area contributed by atoms with Gasteiger partial charge in [0.05, 0.1) is 12.8 Å². The molecular weight excluding hydrogens is 270 g/mol. The average molecular weight is 283 g/mol. The zero-order chi connectivity index (χ0) is 14.1. The highest BCUT2D eigenvalue weighted by molar-refractivity contribution is 5.42. The predicted octanol–water partition coefficient (Wildman–Crippen LogP) is 1.68. The van der Waals surface area contributed by atoms with E-state index in [1.807, 2.05) is 6.20 Å². The molecule has 3 aromatic rings. The molecule has 7 heteroatoms. The van der Waals surface area contributed by atoms with Crippen LogP contribution in [-0.4, -0.2) is 31.6 Å². The molecule has 0 atom stereocenters. The normalized spacial score (nSPS) is 15.0. The van der Waals surface area contributed by atoms with Crippen molar-refractivity contribution in [3.8, 4) is 11.7 Å². The van der Waals surface area contributed by atoms with Crippen molar-refractivity contribution in [3.63, 3.8) is 0 Å². The second-order valence-electron chi connectivity index (χ2n) is 4.93. The van der Waals surface area contributed by atoms with Crippen LogP contribution in [0.4, 0.5) is 0 Å². The van der Waals surface area contributed by atoms with Crippen LogP contribution in [0.2, 0.25) is 0 Å². The van der Waals surface area contributed by atoms with Gasteiger partial charge >= 0.3 is 0 Å². The van der Waals surface area contributed by atoms with Gasteiger partial charge in [-0.25, -0.2) is 9.97 Å². The largest absolute Gasteiger partial charge is 0.459 e. The predicted molar refractivity (Wildman–Crippen MR) is 71.9 cm³/mol. The molecular formula is C14H13N5O2. The first-order chi connectivity index (χ1) is 10.4. The van der Waals surface area contributed by atoms with Crippen LogP contribution in [0.5, 0.6) is 0 Å². The number of hydrogen-bond donors (Lipinski definition) is 0. The van der Waals surface area contributed by atoms with E-state index in [1.165, 1.54) is 0 Å². The number of furan rings is 1. The second-order valence-corrected chi connectivity index (χ2v) is 4.93. The van der Waals surface area contributed by atoms with Crippen molar-refractivity contribution in [2.24, 2.45) is 0 Å². The van der Waals surface area contributed by atoms with Crippen molar-refractivity contribution in [2.75, 3.05) is 6.54 Å². The summed E-state index contributed by atoms with van der Waals surface area (Å²) in [4.78, 5) is 10.6. The van der Waals surface area contributed by atoms with Gasteiger partial charge in [0.25, 0.3) is 5.89 Å². The first-order valence-electron chi connectivity index (χ1n) is 6.75. The number of hydrogen-bond acceptors (Lipinski definition) is 7. The summed E-state index contributed by atoms with van der Waals surface area (Å²) in [6.07, 6.45) is 5.97. The van der Waals surface area contributed by atoms with Gasteiger partial charge in [-0.1, -0.05) is 0 Å². The molecule has 0 N–H and O–H groups in total. The molecule has 4 heterocycles. The molecule has 0 aromatic carbocycles. The van der Waals surface area contributed by atoms with E-state index in [9.17, 15) is 0 Å². The average Bonchev–Trinajstić information content (AvgIpc) is 3.18. The van der Waals surface area contributed by atoms with Gasteiger partial charge in [0.15, 0.2) is 5.76 Å². The summed E-state index contributed by atoms with van der Waals surface area (Å²) in [6, 6.07) is 3.59. The fourth-order valence-electron chi connectivity index (χ4n) is 2.47. The topological polar surface area (TPSA) is 81.1 Å². The molecule has 1 aliphatic rings. The Hall–Kier alpha value is -2.54. The summed E-state index contributed by atoms with van der Waals surface area (Å²) in [6.45, 7) is 2.33. The Morgan fingerprint density at radius 2 is 2.29 bits per heavy atom. The van der Waals surface area contributed by atoms with Crippen LogP contribution in [0.1, 0.15) is 17.1 Å². The van der Waals surface area contributed by atoms with E-state index >= 15 is 0 Å². The van der Waals surface area contributed by atoms with E-state index < -0.39 is 0 Å². The van der Waals surface area contributed by atoms with Crippen LogP contribution in [-0.2, 0) is 19.5 Å². The Labute approximate surface area is 120 Å². The summed E-state index contributed by atoms with van der Waals surface area (Å²) >= 11 is 0. The van der Waals surface area contributed by atoms with E-state index in [2.05, 4.69) is 25.1 Å². The van der Waals surface area contributed by atoms with Gasteiger partial charge < -0.3 is 8.83 Å². The van der Waals surface area contributed by atoms with Gasteiger partial charge in [0.1, 0.15) is 6.33 Å². The Morgan fingerprint density at radius 3 is 3.19 bits per heavy atom. The highest BCUT2D eigenvalue weighted by Gasteiger charge is 2.20. The molecule has 0 radical (unpaired) electrons. The summed E-state index contributed by atoms with van der Waals surface area (Å²) in [5.41, 5.74) is 2.29. The van der Waals surface area contributed by atoms with Crippen LogP contribution in [0, 0.1) is 0 Å². The lowest BCUT2D eigenvalue weighted by Crippen LogP contribution is -2.30. The van der Waals surface area contributed by atoms with Crippen molar-refractivity contribution in [1.82, 2.24) is 25.1 Å². The third-order valence-electron chi connectivity index (χ3n) is 3.50. The fraction of sp³-hybridized carbons (Fsp3) is 0.286. The van der Waals surface area contributed by atoms with Crippen molar-refractivity contribution in [2.45, 2.75) is 19.5 Å². The van der Waals surface area contributed by atoms with Gasteiger partial charge in [-0.2, -0.15) is 0 Å². The van der Waals surface area contributed by atoms with E-state index in [4.69, 9.17) is 8.83 Å². The molecule has 0 spiro atoms. The smallest absolute Gasteiger partial charge is 0.283 e. The first kappa shape index (κ1) is 12.2. The molecule has 21 heavy (non-hydrogen) atoms. The van der Waals surface area contributed by atoms with Crippen LogP contribution in [0.15, 0.2) is 39.8 Å². The van der Waals surface area contributed by atoms with E-state index in [1.54, 1.807) is 24.7 Å². The summed E-state index contributed by atoms with van der Waals surface area (Å²) < 4.78 is 10.9. The number of aromatic nitrogens is 4. The lowest BCUT2D eigenvalue weighted by molar-refractivity contribution is 0.219. The van der Waals surface area contributed by atoms with Crippen LogP contribution in [0.3, 0.4) is 0 Å². The molecule has 0 fully saturated rings. The minimum atomic E-state index is 0.413. The SMILES string of the molecule is c1coc(-c2nnc(CN3CCc4ncncc4C3)o2)c1. The molecule has 0 bridgehead atoms. The maximum absolute atomic E-state index is 5.63. The molecule has 0 saturated heterocycles.